The van der Waals surface area contributed by atoms with Gasteiger partial charge in [0.25, 0.3) is 5.03 Å². The van der Waals surface area contributed by atoms with Crippen LogP contribution in [0.15, 0.2) is 33.8 Å². The summed E-state index contributed by atoms with van der Waals surface area (Å²) in [6, 6.07) is 5.13. The molecule has 3 rings (SSSR count). The van der Waals surface area contributed by atoms with Crippen LogP contribution in [0.2, 0.25) is 0 Å². The summed E-state index contributed by atoms with van der Waals surface area (Å²) in [5, 5.41) is 12.5. The van der Waals surface area contributed by atoms with Crippen LogP contribution in [0, 0.1) is 12.1 Å². The first-order valence-electron chi connectivity index (χ1n) is 7.54. The maximum absolute atomic E-state index is 12.1. The van der Waals surface area contributed by atoms with Crippen molar-refractivity contribution in [3.8, 4) is 0 Å². The van der Waals surface area contributed by atoms with Gasteiger partial charge in [-0.3, -0.25) is 0 Å². The lowest BCUT2D eigenvalue weighted by Gasteiger charge is -2.04. The molecule has 130 valence electrons. The van der Waals surface area contributed by atoms with E-state index >= 15 is 0 Å². The number of thioether (sulfide) groups is 1. The monoisotopic (exact) mass is 360 g/mol. The Hall–Kier alpha value is -2.81. The zero-order valence-electron chi connectivity index (χ0n) is 13.7. The Balaban J connectivity index is 1.92. The molecule has 0 bridgehead atoms. The highest BCUT2D eigenvalue weighted by Gasteiger charge is 2.24. The van der Waals surface area contributed by atoms with Gasteiger partial charge in [0.1, 0.15) is 23.0 Å². The molecule has 2 N–H and O–H groups in total. The Morgan fingerprint density at radius 3 is 2.96 bits per heavy atom. The molecule has 0 saturated carbocycles. The van der Waals surface area contributed by atoms with Crippen LogP contribution < -0.4 is 10.5 Å². The molecule has 8 nitrogen and oxygen atoms in total. The van der Waals surface area contributed by atoms with Gasteiger partial charge in [-0.25, -0.2) is 9.78 Å². The van der Waals surface area contributed by atoms with Crippen LogP contribution in [-0.4, -0.2) is 22.5 Å². The van der Waals surface area contributed by atoms with Crippen LogP contribution in [0.5, 0.6) is 0 Å². The summed E-state index contributed by atoms with van der Waals surface area (Å²) in [6.45, 7) is 3.61. The fourth-order valence-corrected chi connectivity index (χ4v) is 3.13. The zero-order valence-corrected chi connectivity index (χ0v) is 14.5. The van der Waals surface area contributed by atoms with Gasteiger partial charge in [-0.05, 0) is 31.7 Å². The molecule has 0 spiro atoms. The molecular weight excluding hydrogens is 344 g/mol. The average molecular weight is 360 g/mol. The van der Waals surface area contributed by atoms with Gasteiger partial charge < -0.3 is 20.1 Å². The Labute approximate surface area is 147 Å². The average Bonchev–Trinajstić information content (AvgIpc) is 2.91. The molecule has 0 aliphatic heterocycles. The van der Waals surface area contributed by atoms with Crippen molar-refractivity contribution in [1.82, 2.24) is 9.97 Å². The second-order valence-corrected chi connectivity index (χ2v) is 6.11. The Kier molecular flexibility index (Phi) is 4.75. The number of nitrogens with zero attached hydrogens (tertiary/aromatic N) is 3. The van der Waals surface area contributed by atoms with Crippen LogP contribution in [0.3, 0.4) is 0 Å². The van der Waals surface area contributed by atoms with Crippen LogP contribution in [0.4, 0.5) is 5.82 Å². The van der Waals surface area contributed by atoms with Gasteiger partial charge in [0.2, 0.25) is 5.71 Å². The summed E-state index contributed by atoms with van der Waals surface area (Å²) < 4.78 is 11.3. The van der Waals surface area contributed by atoms with E-state index in [1.54, 1.807) is 32.0 Å². The van der Waals surface area contributed by atoms with Crippen molar-refractivity contribution in [2.45, 2.75) is 24.6 Å². The molecule has 0 radical (unpaired) electrons. The third-order valence-electron chi connectivity index (χ3n) is 3.42. The molecule has 0 aliphatic rings. The minimum Gasteiger partial charge on any atom is -0.618 e. The topological polar surface area (TPSA) is 118 Å². The summed E-state index contributed by atoms with van der Waals surface area (Å²) in [5.41, 5.74) is 6.48. The van der Waals surface area contributed by atoms with Crippen molar-refractivity contribution in [2.24, 2.45) is 0 Å². The molecule has 0 atom stereocenters. The number of nitrogen functional groups attached to an aromatic ring is 1. The number of furan rings is 1. The highest BCUT2D eigenvalue weighted by Crippen LogP contribution is 2.30. The summed E-state index contributed by atoms with van der Waals surface area (Å²) in [4.78, 5) is 20.6. The zero-order chi connectivity index (χ0) is 18.0. The summed E-state index contributed by atoms with van der Waals surface area (Å²) >= 11 is 1.28. The molecule has 3 aromatic heterocycles. The number of hydrogen-bond donors (Lipinski definition) is 1. The number of carbonyl (C=O) groups excluding carboxylic acids is 1. The van der Waals surface area contributed by atoms with Crippen molar-refractivity contribution in [3.63, 3.8) is 0 Å². The number of carbonyl (C=O) groups is 1. The lowest BCUT2D eigenvalue weighted by atomic mass is 10.2. The first kappa shape index (κ1) is 17.0. The number of anilines is 1. The van der Waals surface area contributed by atoms with Crippen molar-refractivity contribution >= 4 is 34.6 Å². The number of rotatable bonds is 5. The predicted molar refractivity (Wildman–Crippen MR) is 91.9 cm³/mol. The normalized spacial score (nSPS) is 11.0. The van der Waals surface area contributed by atoms with Gasteiger partial charge in [0, 0.05) is 12.1 Å². The molecule has 25 heavy (non-hydrogen) atoms. The van der Waals surface area contributed by atoms with Gasteiger partial charge >= 0.3 is 5.97 Å². The third-order valence-corrected chi connectivity index (χ3v) is 4.43. The highest BCUT2D eigenvalue weighted by molar-refractivity contribution is 7.98. The Bertz CT molecular complexity index is 941. The molecule has 0 unspecified atom stereocenters. The van der Waals surface area contributed by atoms with E-state index in [0.29, 0.717) is 27.7 Å². The summed E-state index contributed by atoms with van der Waals surface area (Å²) in [5.74, 6) is 0.736. The molecule has 0 aliphatic carbocycles. The molecule has 9 heteroatoms. The molecular formula is C16H16N4O4S. The van der Waals surface area contributed by atoms with E-state index in [9.17, 15) is 10.0 Å². The SMILES string of the molecule is CCOC(=O)c1c(C)oc2nc(CSc3cccc[n+]3[O-])nc(N)c12. The van der Waals surface area contributed by atoms with Crippen molar-refractivity contribution in [3.05, 3.63) is 46.8 Å². The van der Waals surface area contributed by atoms with Gasteiger partial charge in [-0.2, -0.15) is 9.71 Å². The summed E-state index contributed by atoms with van der Waals surface area (Å²) in [6.07, 6.45) is 1.42. The van der Waals surface area contributed by atoms with E-state index in [-0.39, 0.29) is 23.7 Å². The van der Waals surface area contributed by atoms with Gasteiger partial charge in [0.05, 0.1) is 17.7 Å². The number of hydrogen-bond acceptors (Lipinski definition) is 8. The molecule has 0 aromatic carbocycles. The van der Waals surface area contributed by atoms with Crippen LogP contribution in [0.1, 0.15) is 28.9 Å². The van der Waals surface area contributed by atoms with E-state index in [1.165, 1.54) is 18.0 Å². The highest BCUT2D eigenvalue weighted by atomic mass is 32.2. The Morgan fingerprint density at radius 2 is 2.24 bits per heavy atom. The van der Waals surface area contributed by atoms with Crippen molar-refractivity contribution < 1.29 is 18.7 Å². The molecule has 0 amide bonds. The number of esters is 1. The lowest BCUT2D eigenvalue weighted by Crippen LogP contribution is -2.27. The van der Waals surface area contributed by atoms with E-state index < -0.39 is 5.97 Å². The second kappa shape index (κ2) is 6.98. The van der Waals surface area contributed by atoms with Gasteiger partial charge in [-0.1, -0.05) is 0 Å². The van der Waals surface area contributed by atoms with Crippen molar-refractivity contribution in [2.75, 3.05) is 12.3 Å². The Morgan fingerprint density at radius 1 is 1.44 bits per heavy atom. The maximum atomic E-state index is 12.1. The minimum atomic E-state index is -0.521. The van der Waals surface area contributed by atoms with E-state index in [1.807, 2.05) is 0 Å². The number of ether oxygens (including phenoxy) is 1. The smallest absolute Gasteiger partial charge is 0.342 e. The largest absolute Gasteiger partial charge is 0.618 e. The number of aryl methyl sites for hydroxylation is 1. The minimum absolute atomic E-state index is 0.142. The standard InChI is InChI=1S/C16H16N4O4S/c1-3-23-16(21)12-9(2)24-15-13(12)14(17)18-10(19-15)8-25-11-6-4-5-7-20(11)22/h4-7H,3,8H2,1-2H3,(H2,17,18,19). The fourth-order valence-electron chi connectivity index (χ4n) is 2.36. The third kappa shape index (κ3) is 3.36. The van der Waals surface area contributed by atoms with E-state index in [0.717, 1.165) is 4.73 Å². The molecule has 0 fully saturated rings. The number of nitrogens with two attached hydrogens (primary N) is 1. The quantitative estimate of drug-likeness (QED) is 0.318. The second-order valence-electron chi connectivity index (χ2n) is 5.11. The van der Waals surface area contributed by atoms with E-state index in [4.69, 9.17) is 14.9 Å². The lowest BCUT2D eigenvalue weighted by molar-refractivity contribution is -0.645. The van der Waals surface area contributed by atoms with Crippen LogP contribution in [0.25, 0.3) is 11.1 Å². The maximum Gasteiger partial charge on any atom is 0.342 e. The first-order chi connectivity index (χ1) is 12.0. The number of pyridine rings is 1. The number of fused-ring (bicyclic) bond motifs is 1. The van der Waals surface area contributed by atoms with Gasteiger partial charge in [0.15, 0.2) is 6.20 Å². The van der Waals surface area contributed by atoms with Gasteiger partial charge in [-0.15, -0.1) is 0 Å². The molecule has 0 saturated heterocycles. The van der Waals surface area contributed by atoms with Crippen LogP contribution >= 0.6 is 11.8 Å². The number of aromatic nitrogens is 3. The van der Waals surface area contributed by atoms with Crippen LogP contribution in [-0.2, 0) is 10.5 Å². The van der Waals surface area contributed by atoms with Crippen molar-refractivity contribution in [1.29, 1.82) is 0 Å². The molecule has 3 aromatic rings. The fraction of sp³-hybridized carbons (Fsp3) is 0.250. The van der Waals surface area contributed by atoms with E-state index in [2.05, 4.69) is 9.97 Å². The molecule has 3 heterocycles. The predicted octanol–water partition coefficient (Wildman–Crippen LogP) is 2.22. The first-order valence-corrected chi connectivity index (χ1v) is 8.53. The summed E-state index contributed by atoms with van der Waals surface area (Å²) in [7, 11) is 0.